The standard InChI is InChI=1S/C24H21BrClN3O3/c1-16(23(30)28-22-5-3-2-4-21(22)25)24(31)29-27-14-17-8-12-20(13-9-17)32-15-18-6-10-19(26)11-7-18/h2-14,16H,15H2,1H3,(H,28,30)(H,29,31). The molecule has 3 aromatic carbocycles. The van der Waals surface area contributed by atoms with E-state index in [0.29, 0.717) is 23.1 Å². The summed E-state index contributed by atoms with van der Waals surface area (Å²) >= 11 is 9.23. The zero-order valence-corrected chi connectivity index (χ0v) is 19.6. The van der Waals surface area contributed by atoms with Crippen molar-refractivity contribution in [1.82, 2.24) is 5.43 Å². The highest BCUT2D eigenvalue weighted by molar-refractivity contribution is 9.10. The lowest BCUT2D eigenvalue weighted by Gasteiger charge is -2.11. The Morgan fingerprint density at radius 2 is 1.72 bits per heavy atom. The second-order valence-electron chi connectivity index (χ2n) is 6.91. The predicted molar refractivity (Wildman–Crippen MR) is 130 cm³/mol. The van der Waals surface area contributed by atoms with Crippen LogP contribution < -0.4 is 15.5 Å². The van der Waals surface area contributed by atoms with Gasteiger partial charge in [0.05, 0.1) is 11.9 Å². The van der Waals surface area contributed by atoms with Crippen molar-refractivity contribution in [3.63, 3.8) is 0 Å². The van der Waals surface area contributed by atoms with Crippen LogP contribution in [0, 0.1) is 5.92 Å². The summed E-state index contributed by atoms with van der Waals surface area (Å²) in [6.45, 7) is 1.95. The van der Waals surface area contributed by atoms with Crippen LogP contribution in [0.4, 0.5) is 5.69 Å². The highest BCUT2D eigenvalue weighted by atomic mass is 79.9. The van der Waals surface area contributed by atoms with E-state index in [1.807, 2.05) is 54.6 Å². The number of ether oxygens (including phenoxy) is 1. The van der Waals surface area contributed by atoms with Crippen LogP contribution in [-0.4, -0.2) is 18.0 Å². The summed E-state index contributed by atoms with van der Waals surface area (Å²) < 4.78 is 6.48. The summed E-state index contributed by atoms with van der Waals surface area (Å²) in [5.74, 6) is -1.14. The van der Waals surface area contributed by atoms with Gasteiger partial charge in [0.25, 0.3) is 5.91 Å². The minimum Gasteiger partial charge on any atom is -0.489 e. The topological polar surface area (TPSA) is 79.8 Å². The van der Waals surface area contributed by atoms with E-state index in [-0.39, 0.29) is 0 Å². The fourth-order valence-electron chi connectivity index (χ4n) is 2.59. The molecule has 0 saturated heterocycles. The molecule has 3 rings (SSSR count). The van der Waals surface area contributed by atoms with Crippen LogP contribution in [-0.2, 0) is 16.2 Å². The average molecular weight is 515 g/mol. The van der Waals surface area contributed by atoms with Crippen molar-refractivity contribution >= 4 is 51.2 Å². The molecule has 1 atom stereocenters. The van der Waals surface area contributed by atoms with Gasteiger partial charge in [0.15, 0.2) is 0 Å². The number of carbonyl (C=O) groups excluding carboxylic acids is 2. The molecule has 0 radical (unpaired) electrons. The number of benzene rings is 3. The number of rotatable bonds is 8. The van der Waals surface area contributed by atoms with Crippen molar-refractivity contribution in [2.75, 3.05) is 5.32 Å². The molecule has 164 valence electrons. The van der Waals surface area contributed by atoms with Crippen LogP contribution in [0.5, 0.6) is 5.75 Å². The molecule has 3 aromatic rings. The predicted octanol–water partition coefficient (Wildman–Crippen LogP) is 5.41. The smallest absolute Gasteiger partial charge is 0.252 e. The van der Waals surface area contributed by atoms with E-state index in [9.17, 15) is 9.59 Å². The van der Waals surface area contributed by atoms with Crippen LogP contribution in [0.25, 0.3) is 0 Å². The maximum absolute atomic E-state index is 12.3. The van der Waals surface area contributed by atoms with Crippen LogP contribution in [0.3, 0.4) is 0 Å². The number of para-hydroxylation sites is 1. The van der Waals surface area contributed by atoms with Gasteiger partial charge in [-0.15, -0.1) is 0 Å². The van der Waals surface area contributed by atoms with E-state index in [4.69, 9.17) is 16.3 Å². The molecule has 0 saturated carbocycles. The van der Waals surface area contributed by atoms with E-state index in [1.54, 1.807) is 18.2 Å². The summed E-state index contributed by atoms with van der Waals surface area (Å²) in [4.78, 5) is 24.5. The Balaban J connectivity index is 1.47. The lowest BCUT2D eigenvalue weighted by atomic mass is 10.1. The van der Waals surface area contributed by atoms with E-state index >= 15 is 0 Å². The minimum atomic E-state index is -0.914. The van der Waals surface area contributed by atoms with E-state index < -0.39 is 17.7 Å². The molecule has 0 aliphatic heterocycles. The summed E-state index contributed by atoms with van der Waals surface area (Å²) in [7, 11) is 0. The number of nitrogens with zero attached hydrogens (tertiary/aromatic N) is 1. The lowest BCUT2D eigenvalue weighted by Crippen LogP contribution is -2.34. The van der Waals surface area contributed by atoms with Gasteiger partial charge in [-0.05, 0) is 82.5 Å². The van der Waals surface area contributed by atoms with Gasteiger partial charge in [0, 0.05) is 9.50 Å². The molecular weight excluding hydrogens is 494 g/mol. The highest BCUT2D eigenvalue weighted by Gasteiger charge is 2.21. The van der Waals surface area contributed by atoms with Crippen LogP contribution >= 0.6 is 27.5 Å². The van der Waals surface area contributed by atoms with Crippen molar-refractivity contribution in [2.45, 2.75) is 13.5 Å². The Morgan fingerprint density at radius 1 is 1.03 bits per heavy atom. The van der Waals surface area contributed by atoms with Crippen LogP contribution in [0.2, 0.25) is 5.02 Å². The van der Waals surface area contributed by atoms with Gasteiger partial charge in [0.2, 0.25) is 5.91 Å². The normalized spacial score (nSPS) is 11.7. The third-order valence-corrected chi connectivity index (χ3v) is 5.45. The first kappa shape index (κ1) is 23.5. The number of carbonyl (C=O) groups is 2. The van der Waals surface area contributed by atoms with E-state index in [0.717, 1.165) is 15.6 Å². The molecule has 2 amide bonds. The largest absolute Gasteiger partial charge is 0.489 e. The van der Waals surface area contributed by atoms with E-state index in [1.165, 1.54) is 13.1 Å². The molecule has 6 nitrogen and oxygen atoms in total. The molecule has 0 aromatic heterocycles. The zero-order valence-electron chi connectivity index (χ0n) is 17.2. The number of anilines is 1. The lowest BCUT2D eigenvalue weighted by molar-refractivity contribution is -0.131. The first-order valence-corrected chi connectivity index (χ1v) is 10.9. The Labute approximate surface area is 199 Å². The van der Waals surface area contributed by atoms with Gasteiger partial charge < -0.3 is 10.1 Å². The maximum Gasteiger partial charge on any atom is 0.252 e. The third kappa shape index (κ3) is 6.93. The monoisotopic (exact) mass is 513 g/mol. The molecule has 0 aliphatic carbocycles. The molecule has 0 fully saturated rings. The minimum absolute atomic E-state index is 0.424. The summed E-state index contributed by atoms with van der Waals surface area (Å²) in [6, 6.07) is 21.9. The van der Waals surface area contributed by atoms with Crippen molar-refractivity contribution in [2.24, 2.45) is 11.0 Å². The number of amides is 2. The van der Waals surface area contributed by atoms with Gasteiger partial charge in [0.1, 0.15) is 18.3 Å². The number of halogens is 2. The summed E-state index contributed by atoms with van der Waals surface area (Å²) in [5.41, 5.74) is 4.78. The Hall–Kier alpha value is -3.16. The summed E-state index contributed by atoms with van der Waals surface area (Å²) in [5, 5.41) is 7.33. The Morgan fingerprint density at radius 3 is 2.41 bits per heavy atom. The molecular formula is C24H21BrClN3O3. The molecule has 8 heteroatoms. The zero-order chi connectivity index (χ0) is 22.9. The SMILES string of the molecule is CC(C(=O)NN=Cc1ccc(OCc2ccc(Cl)cc2)cc1)C(=O)Nc1ccccc1Br. The molecule has 0 aliphatic rings. The van der Waals surface area contributed by atoms with Gasteiger partial charge in [-0.1, -0.05) is 35.9 Å². The molecule has 0 heterocycles. The Kier molecular flexibility index (Phi) is 8.41. The average Bonchev–Trinajstić information content (AvgIpc) is 2.80. The van der Waals surface area contributed by atoms with Gasteiger partial charge in [-0.2, -0.15) is 5.10 Å². The number of hydrogen-bond donors (Lipinski definition) is 2. The first-order valence-electron chi connectivity index (χ1n) is 9.78. The first-order chi connectivity index (χ1) is 15.4. The van der Waals surface area contributed by atoms with E-state index in [2.05, 4.69) is 31.8 Å². The van der Waals surface area contributed by atoms with Crippen LogP contribution in [0.15, 0.2) is 82.4 Å². The fraction of sp³-hybridized carbons (Fsp3) is 0.125. The van der Waals surface area contributed by atoms with Gasteiger partial charge >= 0.3 is 0 Å². The molecule has 32 heavy (non-hydrogen) atoms. The van der Waals surface area contributed by atoms with Crippen LogP contribution in [0.1, 0.15) is 18.1 Å². The van der Waals surface area contributed by atoms with Crippen molar-refractivity contribution in [1.29, 1.82) is 0 Å². The molecule has 0 spiro atoms. The molecule has 1 unspecified atom stereocenters. The van der Waals surface area contributed by atoms with Gasteiger partial charge in [-0.25, -0.2) is 5.43 Å². The summed E-state index contributed by atoms with van der Waals surface area (Å²) in [6.07, 6.45) is 1.50. The highest BCUT2D eigenvalue weighted by Crippen LogP contribution is 2.21. The maximum atomic E-state index is 12.3. The molecule has 2 N–H and O–H groups in total. The quantitative estimate of drug-likeness (QED) is 0.240. The number of hydrogen-bond acceptors (Lipinski definition) is 4. The van der Waals surface area contributed by atoms with Crippen molar-refractivity contribution < 1.29 is 14.3 Å². The second kappa shape index (κ2) is 11.5. The number of hydrazone groups is 1. The van der Waals surface area contributed by atoms with Crippen molar-refractivity contribution in [3.05, 3.63) is 93.4 Å². The number of nitrogens with one attached hydrogen (secondary N) is 2. The fourth-order valence-corrected chi connectivity index (χ4v) is 3.10. The second-order valence-corrected chi connectivity index (χ2v) is 8.20. The third-order valence-electron chi connectivity index (χ3n) is 4.51. The molecule has 0 bridgehead atoms. The Bertz CT molecular complexity index is 1100. The van der Waals surface area contributed by atoms with Gasteiger partial charge in [-0.3, -0.25) is 9.59 Å². The van der Waals surface area contributed by atoms with Crippen molar-refractivity contribution in [3.8, 4) is 5.75 Å².